The van der Waals surface area contributed by atoms with Gasteiger partial charge in [-0.1, -0.05) is 11.6 Å². The number of hydrogen-bond acceptors (Lipinski definition) is 4. The summed E-state index contributed by atoms with van der Waals surface area (Å²) in [5.41, 5.74) is -0.170. The van der Waals surface area contributed by atoms with Gasteiger partial charge in [-0.25, -0.2) is 0 Å². The number of halogens is 1. The maximum atomic E-state index is 12.4. The first-order chi connectivity index (χ1) is 9.99. The molecule has 0 saturated carbocycles. The summed E-state index contributed by atoms with van der Waals surface area (Å²) >= 11 is 5.76. The van der Waals surface area contributed by atoms with E-state index in [1.165, 1.54) is 18.2 Å². The minimum absolute atomic E-state index is 0.0793. The monoisotopic (exact) mass is 311 g/mol. The van der Waals surface area contributed by atoms with Gasteiger partial charge in [0.25, 0.3) is 11.6 Å². The second-order valence-corrected chi connectivity index (χ2v) is 5.75. The van der Waals surface area contributed by atoms with Crippen LogP contribution in [-0.4, -0.2) is 42.4 Å². The molecule has 1 unspecified atom stereocenters. The number of amides is 1. The fourth-order valence-corrected chi connectivity index (χ4v) is 2.76. The van der Waals surface area contributed by atoms with E-state index < -0.39 is 4.92 Å². The van der Waals surface area contributed by atoms with E-state index in [1.807, 2.05) is 0 Å². The van der Waals surface area contributed by atoms with Gasteiger partial charge in [-0.15, -0.1) is 0 Å². The Morgan fingerprint density at radius 1 is 1.57 bits per heavy atom. The smallest absolute Gasteiger partial charge is 0.283 e. The SMILES string of the molecule is CN(CC1CCCNC1)C(=O)c1ccc(Cl)cc1[N+](=O)[O-]. The van der Waals surface area contributed by atoms with Crippen LogP contribution in [0.25, 0.3) is 0 Å². The number of hydrogen-bond donors (Lipinski definition) is 1. The van der Waals surface area contributed by atoms with Gasteiger partial charge in [-0.2, -0.15) is 0 Å². The summed E-state index contributed by atoms with van der Waals surface area (Å²) < 4.78 is 0. The van der Waals surface area contributed by atoms with Crippen LogP contribution in [0.4, 0.5) is 5.69 Å². The van der Waals surface area contributed by atoms with E-state index in [0.29, 0.717) is 12.5 Å². The first-order valence-electron chi connectivity index (χ1n) is 6.89. The molecule has 1 aliphatic heterocycles. The molecule has 1 N–H and O–H groups in total. The number of carbonyl (C=O) groups is 1. The second-order valence-electron chi connectivity index (χ2n) is 5.32. The Hall–Kier alpha value is -1.66. The van der Waals surface area contributed by atoms with Crippen LogP contribution < -0.4 is 5.32 Å². The Bertz CT molecular complexity index is 544. The summed E-state index contributed by atoms with van der Waals surface area (Å²) in [6, 6.07) is 4.13. The Morgan fingerprint density at radius 3 is 2.95 bits per heavy atom. The van der Waals surface area contributed by atoms with Gasteiger partial charge in [0.1, 0.15) is 5.56 Å². The number of nitro groups is 1. The zero-order chi connectivity index (χ0) is 15.4. The molecule has 2 rings (SSSR count). The summed E-state index contributed by atoms with van der Waals surface area (Å²) in [6.45, 7) is 2.47. The molecule has 1 atom stereocenters. The lowest BCUT2D eigenvalue weighted by molar-refractivity contribution is -0.385. The minimum Gasteiger partial charge on any atom is -0.341 e. The zero-order valence-electron chi connectivity index (χ0n) is 11.8. The Kier molecular flexibility index (Phi) is 5.14. The zero-order valence-corrected chi connectivity index (χ0v) is 12.6. The quantitative estimate of drug-likeness (QED) is 0.684. The molecule has 114 valence electrons. The van der Waals surface area contributed by atoms with Gasteiger partial charge in [-0.05, 0) is 44.0 Å². The third kappa shape index (κ3) is 3.92. The first kappa shape index (κ1) is 15.7. The molecule has 1 amide bonds. The van der Waals surface area contributed by atoms with Gasteiger partial charge in [0, 0.05) is 24.7 Å². The van der Waals surface area contributed by atoms with Crippen LogP contribution in [0.2, 0.25) is 5.02 Å². The van der Waals surface area contributed by atoms with Crippen molar-refractivity contribution in [3.05, 3.63) is 38.9 Å². The minimum atomic E-state index is -0.574. The van der Waals surface area contributed by atoms with Gasteiger partial charge in [0.15, 0.2) is 0 Å². The van der Waals surface area contributed by atoms with Crippen LogP contribution in [0.5, 0.6) is 0 Å². The summed E-state index contributed by atoms with van der Waals surface area (Å²) in [4.78, 5) is 24.4. The summed E-state index contributed by atoms with van der Waals surface area (Å²) in [5, 5.41) is 14.6. The molecule has 0 bridgehead atoms. The van der Waals surface area contributed by atoms with Gasteiger partial charge in [-0.3, -0.25) is 14.9 Å². The van der Waals surface area contributed by atoms with Crippen molar-refractivity contribution in [3.8, 4) is 0 Å². The Balaban J connectivity index is 2.13. The van der Waals surface area contributed by atoms with Crippen LogP contribution >= 0.6 is 11.6 Å². The average Bonchev–Trinajstić information content (AvgIpc) is 2.47. The second kappa shape index (κ2) is 6.87. The van der Waals surface area contributed by atoms with E-state index in [2.05, 4.69) is 5.32 Å². The van der Waals surface area contributed by atoms with Gasteiger partial charge in [0.05, 0.1) is 4.92 Å². The van der Waals surface area contributed by atoms with Crippen LogP contribution in [-0.2, 0) is 0 Å². The van der Waals surface area contributed by atoms with Crippen LogP contribution in [0.1, 0.15) is 23.2 Å². The lowest BCUT2D eigenvalue weighted by Gasteiger charge is -2.27. The predicted octanol–water partition coefficient (Wildman–Crippen LogP) is 2.32. The maximum Gasteiger partial charge on any atom is 0.283 e. The number of nitro benzene ring substituents is 1. The van der Waals surface area contributed by atoms with Crippen molar-refractivity contribution in [2.24, 2.45) is 5.92 Å². The highest BCUT2D eigenvalue weighted by Gasteiger charge is 2.25. The molecule has 21 heavy (non-hydrogen) atoms. The van der Waals surface area contributed by atoms with E-state index in [-0.39, 0.29) is 22.2 Å². The van der Waals surface area contributed by atoms with Crippen LogP contribution in [0.3, 0.4) is 0 Å². The van der Waals surface area contributed by atoms with Crippen molar-refractivity contribution in [1.29, 1.82) is 0 Å². The number of piperidine rings is 1. The molecule has 1 fully saturated rings. The highest BCUT2D eigenvalue weighted by Crippen LogP contribution is 2.24. The van der Waals surface area contributed by atoms with E-state index in [1.54, 1.807) is 11.9 Å². The van der Waals surface area contributed by atoms with E-state index >= 15 is 0 Å². The number of nitrogens with one attached hydrogen (secondary N) is 1. The number of benzene rings is 1. The average molecular weight is 312 g/mol. The molecule has 1 aromatic carbocycles. The van der Waals surface area contributed by atoms with Gasteiger partial charge >= 0.3 is 0 Å². The predicted molar refractivity (Wildman–Crippen MR) is 80.7 cm³/mol. The van der Waals surface area contributed by atoms with Crippen molar-refractivity contribution in [2.45, 2.75) is 12.8 Å². The van der Waals surface area contributed by atoms with E-state index in [4.69, 9.17) is 11.6 Å². The molecular weight excluding hydrogens is 294 g/mol. The maximum absolute atomic E-state index is 12.4. The first-order valence-corrected chi connectivity index (χ1v) is 7.27. The third-order valence-electron chi connectivity index (χ3n) is 3.66. The Labute approximate surface area is 128 Å². The van der Waals surface area contributed by atoms with Crippen LogP contribution in [0, 0.1) is 16.0 Å². The van der Waals surface area contributed by atoms with Crippen molar-refractivity contribution < 1.29 is 9.72 Å². The molecule has 0 aromatic heterocycles. The Morgan fingerprint density at radius 2 is 2.33 bits per heavy atom. The van der Waals surface area contributed by atoms with Gasteiger partial charge in [0.2, 0.25) is 0 Å². The molecule has 1 heterocycles. The standard InChI is InChI=1S/C14H18ClN3O3/c1-17(9-10-3-2-6-16-8-10)14(19)12-5-4-11(15)7-13(12)18(20)21/h4-5,7,10,16H,2-3,6,8-9H2,1H3. The highest BCUT2D eigenvalue weighted by molar-refractivity contribution is 6.31. The lowest BCUT2D eigenvalue weighted by atomic mass is 9.99. The molecular formula is C14H18ClN3O3. The number of nitrogens with zero attached hydrogens (tertiary/aromatic N) is 2. The topological polar surface area (TPSA) is 75.5 Å². The molecule has 0 radical (unpaired) electrons. The van der Waals surface area contributed by atoms with Gasteiger partial charge < -0.3 is 10.2 Å². The normalized spacial score (nSPS) is 18.3. The fraction of sp³-hybridized carbons (Fsp3) is 0.500. The molecule has 0 spiro atoms. The van der Waals surface area contributed by atoms with Crippen LogP contribution in [0.15, 0.2) is 18.2 Å². The molecule has 1 aromatic rings. The van der Waals surface area contributed by atoms with Crippen molar-refractivity contribution >= 4 is 23.2 Å². The molecule has 1 saturated heterocycles. The molecule has 6 nitrogen and oxygen atoms in total. The van der Waals surface area contributed by atoms with Crippen molar-refractivity contribution in [3.63, 3.8) is 0 Å². The highest BCUT2D eigenvalue weighted by atomic mass is 35.5. The third-order valence-corrected chi connectivity index (χ3v) is 3.90. The van der Waals surface area contributed by atoms with E-state index in [9.17, 15) is 14.9 Å². The van der Waals surface area contributed by atoms with Crippen molar-refractivity contribution in [2.75, 3.05) is 26.7 Å². The largest absolute Gasteiger partial charge is 0.341 e. The number of rotatable bonds is 4. The lowest BCUT2D eigenvalue weighted by Crippen LogP contribution is -2.39. The number of carbonyl (C=O) groups excluding carboxylic acids is 1. The summed E-state index contributed by atoms with van der Waals surface area (Å²) in [5.74, 6) is 0.0444. The van der Waals surface area contributed by atoms with E-state index in [0.717, 1.165) is 25.9 Å². The molecule has 1 aliphatic rings. The molecule has 7 heteroatoms. The summed E-state index contributed by atoms with van der Waals surface area (Å²) in [6.07, 6.45) is 2.15. The summed E-state index contributed by atoms with van der Waals surface area (Å²) in [7, 11) is 1.68. The fourth-order valence-electron chi connectivity index (χ4n) is 2.59. The molecule has 0 aliphatic carbocycles. The van der Waals surface area contributed by atoms with Crippen molar-refractivity contribution in [1.82, 2.24) is 10.2 Å².